The number of hydrazone groups is 1. The van der Waals surface area contributed by atoms with Crippen LogP contribution in [0, 0.1) is 0 Å². The van der Waals surface area contributed by atoms with E-state index in [1.807, 2.05) is 0 Å². The fraction of sp³-hybridized carbons (Fsp3) is 0.125. The summed E-state index contributed by atoms with van der Waals surface area (Å²) in [6.45, 7) is 1.50. The second-order valence-electron chi connectivity index (χ2n) is 4.72. The average Bonchev–Trinajstić information content (AvgIpc) is 2.54. The van der Waals surface area contributed by atoms with E-state index in [1.165, 1.54) is 6.07 Å². The van der Waals surface area contributed by atoms with Gasteiger partial charge in [-0.2, -0.15) is 5.10 Å². The summed E-state index contributed by atoms with van der Waals surface area (Å²) in [7, 11) is 0. The number of carbonyl (C=O) groups is 1. The first-order valence-electron chi connectivity index (χ1n) is 6.73. The van der Waals surface area contributed by atoms with Crippen molar-refractivity contribution < 1.29 is 9.53 Å². The van der Waals surface area contributed by atoms with E-state index in [1.54, 1.807) is 37.3 Å². The fourth-order valence-electron chi connectivity index (χ4n) is 1.70. The first-order chi connectivity index (χ1) is 11.4. The molecule has 4 nitrogen and oxygen atoms in total. The van der Waals surface area contributed by atoms with Crippen molar-refractivity contribution in [1.29, 1.82) is 0 Å². The van der Waals surface area contributed by atoms with E-state index in [0.29, 0.717) is 31.6 Å². The molecule has 0 saturated heterocycles. The predicted octanol–water partition coefficient (Wildman–Crippen LogP) is 5.22. The molecule has 0 spiro atoms. The maximum Gasteiger partial charge on any atom is 0.277 e. The Bertz CT molecular complexity index is 794. The van der Waals surface area contributed by atoms with Crippen molar-refractivity contribution in [3.8, 4) is 5.75 Å². The van der Waals surface area contributed by atoms with Crippen LogP contribution in [-0.4, -0.2) is 18.2 Å². The van der Waals surface area contributed by atoms with Gasteiger partial charge in [-0.05, 0) is 42.8 Å². The lowest BCUT2D eigenvalue weighted by Gasteiger charge is -2.08. The smallest absolute Gasteiger partial charge is 0.277 e. The summed E-state index contributed by atoms with van der Waals surface area (Å²) in [5.74, 6) is -0.0678. The van der Waals surface area contributed by atoms with Gasteiger partial charge in [-0.3, -0.25) is 4.79 Å². The molecule has 0 radical (unpaired) electrons. The molecule has 24 heavy (non-hydrogen) atoms. The van der Waals surface area contributed by atoms with Crippen molar-refractivity contribution in [2.45, 2.75) is 6.92 Å². The molecule has 0 saturated carbocycles. The van der Waals surface area contributed by atoms with Gasteiger partial charge in [-0.15, -0.1) is 0 Å². The van der Waals surface area contributed by atoms with Crippen molar-refractivity contribution in [3.05, 3.63) is 62.1 Å². The monoisotopic (exact) mass is 404 g/mol. The van der Waals surface area contributed by atoms with Gasteiger partial charge in [0.15, 0.2) is 6.61 Å². The molecule has 2 aromatic carbocycles. The third kappa shape index (κ3) is 5.28. The molecule has 0 unspecified atom stereocenters. The van der Waals surface area contributed by atoms with Gasteiger partial charge in [-0.1, -0.05) is 52.5 Å². The third-order valence-electron chi connectivity index (χ3n) is 2.94. The van der Waals surface area contributed by atoms with E-state index in [-0.39, 0.29) is 6.61 Å². The van der Waals surface area contributed by atoms with Crippen LogP contribution >= 0.6 is 46.4 Å². The first-order valence-corrected chi connectivity index (χ1v) is 8.24. The van der Waals surface area contributed by atoms with Gasteiger partial charge in [0, 0.05) is 5.02 Å². The molecule has 1 amide bonds. The van der Waals surface area contributed by atoms with E-state index in [0.717, 1.165) is 5.56 Å². The maximum atomic E-state index is 11.8. The molecule has 1 N–H and O–H groups in total. The Kier molecular flexibility index (Phi) is 6.75. The standard InChI is InChI=1S/C16H12Cl4N2O2/c1-9(10-2-4-12(18)13(19)6-10)21-22-16(23)8-24-15-5-3-11(17)7-14(15)20/h2-7H,8H2,1H3,(H,22,23)/b21-9+. The molecule has 0 heterocycles. The zero-order valence-electron chi connectivity index (χ0n) is 12.4. The highest BCUT2D eigenvalue weighted by Gasteiger charge is 2.07. The highest BCUT2D eigenvalue weighted by Crippen LogP contribution is 2.27. The average molecular weight is 406 g/mol. The molecule has 0 aromatic heterocycles. The highest BCUT2D eigenvalue weighted by atomic mass is 35.5. The van der Waals surface area contributed by atoms with Gasteiger partial charge < -0.3 is 4.74 Å². The van der Waals surface area contributed by atoms with E-state index in [9.17, 15) is 4.79 Å². The number of rotatable bonds is 5. The Morgan fingerprint density at radius 3 is 2.46 bits per heavy atom. The number of nitrogens with zero attached hydrogens (tertiary/aromatic N) is 1. The molecular formula is C16H12Cl4N2O2. The lowest BCUT2D eigenvalue weighted by atomic mass is 10.1. The third-order valence-corrected chi connectivity index (χ3v) is 4.21. The second kappa shape index (κ2) is 8.58. The van der Waals surface area contributed by atoms with Crippen LogP contribution < -0.4 is 10.2 Å². The molecular weight excluding hydrogens is 394 g/mol. The van der Waals surface area contributed by atoms with Crippen molar-refractivity contribution in [2.24, 2.45) is 5.10 Å². The fourth-order valence-corrected chi connectivity index (χ4v) is 2.46. The quantitative estimate of drug-likeness (QED) is 0.547. The number of hydrogen-bond acceptors (Lipinski definition) is 3. The molecule has 126 valence electrons. The Labute approximate surface area is 159 Å². The van der Waals surface area contributed by atoms with Crippen LogP contribution in [0.25, 0.3) is 0 Å². The molecule has 0 aliphatic carbocycles. The zero-order valence-corrected chi connectivity index (χ0v) is 15.5. The molecule has 8 heteroatoms. The van der Waals surface area contributed by atoms with Gasteiger partial charge in [0.1, 0.15) is 5.75 Å². The lowest BCUT2D eigenvalue weighted by Crippen LogP contribution is -2.25. The molecule has 0 atom stereocenters. The van der Waals surface area contributed by atoms with Crippen molar-refractivity contribution in [3.63, 3.8) is 0 Å². The van der Waals surface area contributed by atoms with E-state index in [2.05, 4.69) is 10.5 Å². The topological polar surface area (TPSA) is 50.7 Å². The minimum absolute atomic E-state index is 0.237. The van der Waals surface area contributed by atoms with Gasteiger partial charge in [0.05, 0.1) is 20.8 Å². The summed E-state index contributed by atoms with van der Waals surface area (Å²) in [6.07, 6.45) is 0. The van der Waals surface area contributed by atoms with E-state index in [4.69, 9.17) is 51.1 Å². The number of nitrogens with one attached hydrogen (secondary N) is 1. The molecule has 0 aliphatic rings. The van der Waals surface area contributed by atoms with Gasteiger partial charge >= 0.3 is 0 Å². The Balaban J connectivity index is 1.93. The summed E-state index contributed by atoms with van der Waals surface area (Å²) in [4.78, 5) is 11.8. The Morgan fingerprint density at radius 2 is 1.79 bits per heavy atom. The van der Waals surface area contributed by atoms with Crippen molar-refractivity contribution >= 4 is 58.0 Å². The second-order valence-corrected chi connectivity index (χ2v) is 6.38. The first kappa shape index (κ1) is 18.9. The Hall–Kier alpha value is -1.46. The van der Waals surface area contributed by atoms with Crippen LogP contribution in [0.15, 0.2) is 41.5 Å². The molecule has 2 aromatic rings. The molecule has 2 rings (SSSR count). The van der Waals surface area contributed by atoms with Crippen LogP contribution in [0.2, 0.25) is 20.1 Å². The van der Waals surface area contributed by atoms with Gasteiger partial charge in [0.2, 0.25) is 0 Å². The van der Waals surface area contributed by atoms with E-state index >= 15 is 0 Å². The maximum absolute atomic E-state index is 11.8. The minimum Gasteiger partial charge on any atom is -0.482 e. The summed E-state index contributed by atoms with van der Waals surface area (Å²) in [5.41, 5.74) is 3.71. The Morgan fingerprint density at radius 1 is 1.04 bits per heavy atom. The number of hydrogen-bond donors (Lipinski definition) is 1. The van der Waals surface area contributed by atoms with Crippen molar-refractivity contribution in [2.75, 3.05) is 6.61 Å². The number of ether oxygens (including phenoxy) is 1. The summed E-state index contributed by atoms with van der Waals surface area (Å²) in [5, 5.41) is 5.67. The summed E-state index contributed by atoms with van der Waals surface area (Å²) < 4.78 is 5.32. The minimum atomic E-state index is -0.430. The van der Waals surface area contributed by atoms with Crippen LogP contribution in [0.3, 0.4) is 0 Å². The SMILES string of the molecule is C/C(=N\NC(=O)COc1ccc(Cl)cc1Cl)c1ccc(Cl)c(Cl)c1. The van der Waals surface area contributed by atoms with Gasteiger partial charge in [-0.25, -0.2) is 5.43 Å². The van der Waals surface area contributed by atoms with Gasteiger partial charge in [0.25, 0.3) is 5.91 Å². The van der Waals surface area contributed by atoms with Crippen LogP contribution in [0.1, 0.15) is 12.5 Å². The molecule has 0 bridgehead atoms. The van der Waals surface area contributed by atoms with Crippen molar-refractivity contribution in [1.82, 2.24) is 5.43 Å². The van der Waals surface area contributed by atoms with E-state index < -0.39 is 5.91 Å². The van der Waals surface area contributed by atoms with Crippen LogP contribution in [0.5, 0.6) is 5.75 Å². The number of amides is 1. The normalized spacial score (nSPS) is 11.3. The number of benzene rings is 2. The molecule has 0 fully saturated rings. The lowest BCUT2D eigenvalue weighted by molar-refractivity contribution is -0.123. The largest absolute Gasteiger partial charge is 0.482 e. The summed E-state index contributed by atoms with van der Waals surface area (Å²) in [6, 6.07) is 9.81. The number of halogens is 4. The summed E-state index contributed by atoms with van der Waals surface area (Å²) >= 11 is 23.6. The zero-order chi connectivity index (χ0) is 17.7. The number of carbonyl (C=O) groups excluding carboxylic acids is 1. The molecule has 0 aliphatic heterocycles. The van der Waals surface area contributed by atoms with Crippen LogP contribution in [0.4, 0.5) is 0 Å². The van der Waals surface area contributed by atoms with Crippen LogP contribution in [-0.2, 0) is 4.79 Å². The predicted molar refractivity (Wildman–Crippen MR) is 98.8 cm³/mol. The highest BCUT2D eigenvalue weighted by molar-refractivity contribution is 6.42.